The van der Waals surface area contributed by atoms with Crippen LogP contribution in [0.5, 0.6) is 5.75 Å². The molecule has 8 unspecified atom stereocenters. The third-order valence-corrected chi connectivity index (χ3v) is 16.2. The zero-order valence-corrected chi connectivity index (χ0v) is 34.3. The number of ketones is 1. The van der Waals surface area contributed by atoms with Crippen molar-refractivity contribution >= 4 is 17.7 Å². The monoisotopic (exact) mass is 732 g/mol. The molecule has 3 N–H and O–H groups in total. The van der Waals surface area contributed by atoms with E-state index in [4.69, 9.17) is 4.74 Å². The van der Waals surface area contributed by atoms with Crippen LogP contribution in [0.4, 0.5) is 0 Å². The minimum atomic E-state index is -0.881. The molecule has 1 aromatic carbocycles. The fourth-order valence-electron chi connectivity index (χ4n) is 14.0. The van der Waals surface area contributed by atoms with Crippen LogP contribution in [0.15, 0.2) is 35.4 Å². The van der Waals surface area contributed by atoms with Gasteiger partial charge < -0.3 is 20.3 Å². The molecule has 6 aliphatic carbocycles. The van der Waals surface area contributed by atoms with Crippen molar-refractivity contribution in [1.29, 1.82) is 0 Å². The number of esters is 1. The van der Waals surface area contributed by atoms with Gasteiger partial charge in [0.2, 0.25) is 0 Å². The van der Waals surface area contributed by atoms with E-state index in [0.29, 0.717) is 30.0 Å². The van der Waals surface area contributed by atoms with Crippen LogP contribution in [-0.2, 0) is 25.7 Å². The maximum atomic E-state index is 13.9. The van der Waals surface area contributed by atoms with Crippen molar-refractivity contribution in [2.75, 3.05) is 6.54 Å². The first kappa shape index (κ1) is 40.0. The Labute approximate surface area is 319 Å². The molecule has 7 rings (SSSR count). The summed E-state index contributed by atoms with van der Waals surface area (Å²) >= 11 is 0. The molecule has 0 bridgehead atoms. The molecular weight excluding hydrogens is 663 g/mol. The summed E-state index contributed by atoms with van der Waals surface area (Å²) in [6.07, 6.45) is 11.8. The van der Waals surface area contributed by atoms with Gasteiger partial charge in [0.15, 0.2) is 5.78 Å². The number of carboxylic acid groups (broad SMARTS) is 1. The minimum absolute atomic E-state index is 0.0230. The Kier molecular flexibility index (Phi) is 10.7. The molecule has 5 fully saturated rings. The van der Waals surface area contributed by atoms with Gasteiger partial charge in [-0.25, -0.2) is 0 Å². The zero-order chi connectivity index (χ0) is 38.8. The van der Waals surface area contributed by atoms with Gasteiger partial charge in [0.25, 0.3) is 0 Å². The van der Waals surface area contributed by atoms with E-state index in [9.17, 15) is 24.6 Å². The maximum absolute atomic E-state index is 13.9. The number of aliphatic carboxylic acids is 1. The summed E-state index contributed by atoms with van der Waals surface area (Å²) in [4.78, 5) is 38.5. The molecule has 0 aliphatic heterocycles. The predicted molar refractivity (Wildman–Crippen MR) is 209 cm³/mol. The number of Topliss-reactive ketones (excluding diaryl/α,β-unsaturated/α-hetero) is 1. The number of hydrogen-bond acceptors (Lipinski definition) is 6. The number of phenolic OH excluding ortho intramolecular Hbond substituents is 1. The Morgan fingerprint density at radius 3 is 2.30 bits per heavy atom. The number of rotatable bonds is 11. The SMILES string of the molecule is CC.CC(C)C1=C2C3CCC4C(C)(CC[C@@]56CC5(C)C(OC(=O)CC(C)(C)CC(=O)O)CCC46C)C3CCC2(CCNCc2ccc(O)cc2)CC1=O. The number of carbonyl (C=O) groups is 3. The molecule has 5 saturated carbocycles. The van der Waals surface area contributed by atoms with Crippen LogP contribution in [0.2, 0.25) is 0 Å². The summed E-state index contributed by atoms with van der Waals surface area (Å²) in [5, 5.41) is 22.7. The lowest BCUT2D eigenvalue weighted by atomic mass is 9.37. The molecule has 294 valence electrons. The van der Waals surface area contributed by atoms with E-state index >= 15 is 0 Å². The third kappa shape index (κ3) is 6.51. The van der Waals surface area contributed by atoms with Crippen LogP contribution in [0.1, 0.15) is 151 Å². The number of allylic oxidation sites excluding steroid dienone is 2. The summed E-state index contributed by atoms with van der Waals surface area (Å²) in [6, 6.07) is 7.42. The van der Waals surface area contributed by atoms with Gasteiger partial charge in [-0.15, -0.1) is 0 Å². The zero-order valence-electron chi connectivity index (χ0n) is 34.3. The van der Waals surface area contributed by atoms with E-state index in [2.05, 4.69) is 39.9 Å². The largest absolute Gasteiger partial charge is 0.508 e. The molecule has 0 saturated heterocycles. The van der Waals surface area contributed by atoms with E-state index in [1.54, 1.807) is 17.7 Å². The van der Waals surface area contributed by atoms with Gasteiger partial charge in [-0.05, 0) is 139 Å². The van der Waals surface area contributed by atoms with Crippen molar-refractivity contribution < 1.29 is 29.3 Å². The van der Waals surface area contributed by atoms with Gasteiger partial charge in [-0.1, -0.05) is 80.0 Å². The number of fused-ring (bicyclic) bond motifs is 6. The normalized spacial score (nSPS) is 38.4. The molecule has 53 heavy (non-hydrogen) atoms. The molecule has 6 aliphatic rings. The van der Waals surface area contributed by atoms with Crippen molar-refractivity contribution in [2.24, 2.45) is 56.2 Å². The molecule has 0 aromatic heterocycles. The summed E-state index contributed by atoms with van der Waals surface area (Å²) in [7, 11) is 0. The number of benzene rings is 1. The number of hydrogen-bond donors (Lipinski definition) is 3. The quantitative estimate of drug-likeness (QED) is 0.153. The number of carboxylic acids is 1. The van der Waals surface area contributed by atoms with Crippen LogP contribution in [0.25, 0.3) is 0 Å². The van der Waals surface area contributed by atoms with Crippen LogP contribution in [0, 0.1) is 56.2 Å². The van der Waals surface area contributed by atoms with Crippen molar-refractivity contribution in [3.8, 4) is 5.75 Å². The van der Waals surface area contributed by atoms with Crippen molar-refractivity contribution in [3.63, 3.8) is 0 Å². The van der Waals surface area contributed by atoms with E-state index in [1.165, 1.54) is 32.1 Å². The van der Waals surface area contributed by atoms with Gasteiger partial charge in [0.1, 0.15) is 11.9 Å². The Morgan fingerprint density at radius 2 is 1.64 bits per heavy atom. The van der Waals surface area contributed by atoms with Gasteiger partial charge in [0, 0.05) is 23.8 Å². The minimum Gasteiger partial charge on any atom is -0.508 e. The lowest BCUT2D eigenvalue weighted by Crippen LogP contribution is -2.61. The number of ether oxygens (including phenoxy) is 1. The van der Waals surface area contributed by atoms with Crippen LogP contribution >= 0.6 is 0 Å². The smallest absolute Gasteiger partial charge is 0.306 e. The number of phenols is 1. The summed E-state index contributed by atoms with van der Waals surface area (Å²) in [5.74, 6) is 1.49. The second kappa shape index (κ2) is 14.1. The molecular formula is C46H69NO6. The van der Waals surface area contributed by atoms with Gasteiger partial charge in [-0.3, -0.25) is 14.4 Å². The molecule has 1 spiro atoms. The lowest BCUT2D eigenvalue weighted by Gasteiger charge is -2.67. The topological polar surface area (TPSA) is 113 Å². The van der Waals surface area contributed by atoms with Crippen molar-refractivity contribution in [2.45, 2.75) is 158 Å². The van der Waals surface area contributed by atoms with Crippen LogP contribution < -0.4 is 5.32 Å². The van der Waals surface area contributed by atoms with Crippen LogP contribution in [-0.4, -0.2) is 40.6 Å². The van der Waals surface area contributed by atoms with Crippen molar-refractivity contribution in [1.82, 2.24) is 5.32 Å². The molecule has 0 amide bonds. The summed E-state index contributed by atoms with van der Waals surface area (Å²) in [5.41, 5.74) is 3.78. The van der Waals surface area contributed by atoms with E-state index in [0.717, 1.165) is 56.3 Å². The first-order valence-electron chi connectivity index (χ1n) is 21.1. The highest BCUT2D eigenvalue weighted by atomic mass is 16.5. The van der Waals surface area contributed by atoms with E-state index < -0.39 is 11.4 Å². The number of aromatic hydroxyl groups is 1. The van der Waals surface area contributed by atoms with Gasteiger partial charge in [-0.2, -0.15) is 0 Å². The van der Waals surface area contributed by atoms with Gasteiger partial charge in [0.05, 0.1) is 12.8 Å². The number of carbonyl (C=O) groups excluding carboxylic acids is 2. The van der Waals surface area contributed by atoms with Crippen LogP contribution in [0.3, 0.4) is 0 Å². The summed E-state index contributed by atoms with van der Waals surface area (Å²) < 4.78 is 6.29. The molecule has 0 heterocycles. The maximum Gasteiger partial charge on any atom is 0.306 e. The Balaban J connectivity index is 0.00000236. The fraction of sp³-hybridized carbons (Fsp3) is 0.761. The molecule has 1 aromatic rings. The molecule has 0 radical (unpaired) electrons. The molecule has 9 atom stereocenters. The molecule has 7 nitrogen and oxygen atoms in total. The highest BCUT2D eigenvalue weighted by Gasteiger charge is 2.81. The predicted octanol–water partition coefficient (Wildman–Crippen LogP) is 10.0. The second-order valence-corrected chi connectivity index (χ2v) is 19.9. The van der Waals surface area contributed by atoms with Crippen molar-refractivity contribution in [3.05, 3.63) is 41.0 Å². The highest BCUT2D eigenvalue weighted by molar-refractivity contribution is 6.00. The van der Waals surface area contributed by atoms with Gasteiger partial charge >= 0.3 is 11.9 Å². The number of nitrogens with one attached hydrogen (secondary N) is 1. The molecule has 7 heteroatoms. The van der Waals surface area contributed by atoms with E-state index in [1.807, 2.05) is 39.8 Å². The Morgan fingerprint density at radius 1 is 0.943 bits per heavy atom. The Bertz CT molecular complexity index is 1610. The first-order chi connectivity index (χ1) is 24.9. The standard InChI is InChI=1S/C44H63NO6.C2H6/c1-27(2)37-32(47)22-43(20-21-45-25-28-8-10-29(46)11-9-28)17-14-31-30(38(37)43)12-13-33-40(31,5)18-19-44-26-42(44,7)34(15-16-41(33,44)6)51-36(50)24-39(3,4)23-35(48)49;1-2/h8-11,27,30-31,33-34,45-46H,12-26H2,1-7H3,(H,48,49);1-2H3/t30?,31?,33?,34?,40?,41?,42?,43?,44-;/m0./s1. The Hall–Kier alpha value is -2.67. The fourth-order valence-corrected chi connectivity index (χ4v) is 14.0. The highest BCUT2D eigenvalue weighted by Crippen LogP contribution is 2.86. The first-order valence-corrected chi connectivity index (χ1v) is 21.1. The average molecular weight is 732 g/mol. The lowest BCUT2D eigenvalue weighted by molar-refractivity contribution is -0.193. The third-order valence-electron chi connectivity index (χ3n) is 16.2. The summed E-state index contributed by atoms with van der Waals surface area (Å²) in [6.45, 7) is 21.4. The second-order valence-electron chi connectivity index (χ2n) is 19.9. The van der Waals surface area contributed by atoms with E-state index in [-0.39, 0.29) is 63.7 Å². The average Bonchev–Trinajstić information content (AvgIpc) is 3.61.